The topological polar surface area (TPSA) is 121 Å². The van der Waals surface area contributed by atoms with Crippen LogP contribution < -0.4 is 34.7 Å². The van der Waals surface area contributed by atoms with Crippen molar-refractivity contribution in [2.24, 2.45) is 0 Å². The molecule has 10 heteroatoms. The van der Waals surface area contributed by atoms with Crippen molar-refractivity contribution in [1.29, 1.82) is 0 Å². The molecule has 0 spiro atoms. The predicted molar refractivity (Wildman–Crippen MR) is 67.1 cm³/mol. The van der Waals surface area contributed by atoms with Crippen molar-refractivity contribution in [2.75, 3.05) is 51.6 Å². The van der Waals surface area contributed by atoms with Gasteiger partial charge < -0.3 is 15.0 Å². The van der Waals surface area contributed by atoms with E-state index in [4.69, 9.17) is 19.6 Å². The summed E-state index contributed by atoms with van der Waals surface area (Å²) in [6, 6.07) is 0. The van der Waals surface area contributed by atoms with Crippen LogP contribution in [-0.4, -0.2) is 85.5 Å². The Labute approximate surface area is 141 Å². The first-order valence-corrected chi connectivity index (χ1v) is 7.54. The summed E-state index contributed by atoms with van der Waals surface area (Å²) in [7, 11) is -3.84. The van der Waals surface area contributed by atoms with Gasteiger partial charge in [0.15, 0.2) is 0 Å². The Morgan fingerprint density at radius 2 is 1.50 bits per heavy atom. The van der Waals surface area contributed by atoms with Crippen LogP contribution in [-0.2, 0) is 14.9 Å². The number of hydrogen-bond donors (Lipinski definition) is 2. The summed E-state index contributed by atoms with van der Waals surface area (Å²) < 4.78 is 29.6. The van der Waals surface area contributed by atoms with E-state index >= 15 is 0 Å². The predicted octanol–water partition coefficient (Wildman–Crippen LogP) is -5.76. The average Bonchev–Trinajstić information content (AvgIpc) is 2.27. The van der Waals surface area contributed by atoms with Gasteiger partial charge in [-0.15, -0.1) is 0 Å². The number of carbonyl (C=O) groups is 1. The van der Waals surface area contributed by atoms with Crippen LogP contribution in [0, 0.1) is 0 Å². The molecule has 0 aromatic rings. The van der Waals surface area contributed by atoms with Crippen LogP contribution in [0.1, 0.15) is 6.92 Å². The van der Waals surface area contributed by atoms with Gasteiger partial charge in [-0.05, 0) is 6.92 Å². The minimum Gasteiger partial charge on any atom is -0.550 e. The molecule has 1 aliphatic heterocycles. The van der Waals surface area contributed by atoms with E-state index in [9.17, 15) is 8.42 Å². The summed E-state index contributed by atoms with van der Waals surface area (Å²) >= 11 is 0. The number of aliphatic carboxylic acids is 1. The molecule has 1 fully saturated rings. The monoisotopic (exact) mass is 320 g/mol. The molecule has 114 valence electrons. The molecule has 0 unspecified atom stereocenters. The molecular formula is C10H21N2NaO6S. The third-order valence-corrected chi connectivity index (χ3v) is 3.25. The Hall–Kier alpha value is 0.260. The van der Waals surface area contributed by atoms with Crippen LogP contribution in [0.4, 0.5) is 0 Å². The van der Waals surface area contributed by atoms with Gasteiger partial charge >= 0.3 is 29.6 Å². The van der Waals surface area contributed by atoms with E-state index < -0.39 is 16.1 Å². The van der Waals surface area contributed by atoms with E-state index in [1.54, 1.807) is 0 Å². The first-order valence-electron chi connectivity index (χ1n) is 5.93. The van der Waals surface area contributed by atoms with E-state index in [0.29, 0.717) is 13.1 Å². The molecular weight excluding hydrogens is 299 g/mol. The molecule has 0 aromatic carbocycles. The number of carboxylic acid groups (broad SMARTS) is 1. The van der Waals surface area contributed by atoms with Crippen LogP contribution in [0.2, 0.25) is 0 Å². The van der Waals surface area contributed by atoms with Gasteiger partial charge in [0.05, 0.1) is 12.4 Å². The fourth-order valence-corrected chi connectivity index (χ4v) is 2.11. The van der Waals surface area contributed by atoms with Crippen molar-refractivity contribution in [1.82, 2.24) is 9.80 Å². The Kier molecular flexibility index (Phi) is 13.4. The maximum atomic E-state index is 10.5. The number of aliphatic hydroxyl groups excluding tert-OH is 1. The summed E-state index contributed by atoms with van der Waals surface area (Å²) in [5, 5.41) is 17.6. The smallest absolute Gasteiger partial charge is 0.550 e. The zero-order valence-electron chi connectivity index (χ0n) is 12.0. The van der Waals surface area contributed by atoms with E-state index in [1.165, 1.54) is 0 Å². The second-order valence-electron chi connectivity index (χ2n) is 4.18. The van der Waals surface area contributed by atoms with Gasteiger partial charge in [0.1, 0.15) is 0 Å². The van der Waals surface area contributed by atoms with Gasteiger partial charge in [0.25, 0.3) is 10.1 Å². The van der Waals surface area contributed by atoms with Crippen molar-refractivity contribution in [3.8, 4) is 0 Å². The summed E-state index contributed by atoms with van der Waals surface area (Å²) in [6.07, 6.45) is 0. The Balaban J connectivity index is 0. The van der Waals surface area contributed by atoms with Crippen molar-refractivity contribution in [3.63, 3.8) is 0 Å². The molecule has 0 radical (unpaired) electrons. The van der Waals surface area contributed by atoms with Crippen LogP contribution in [0.5, 0.6) is 0 Å². The number of piperazine rings is 1. The minimum atomic E-state index is -3.84. The standard InChI is InChI=1S/C8H18N2O4S.C2H4O2.Na/c11-7-5-9-1-3-10(4-2-9)6-8-15(12,13)14;1-2(3)4;/h11H,1-8H2,(H,12,13,14);1H3,(H,3,4);/q;;+1/p-1. The zero-order chi connectivity index (χ0) is 14.9. The number of carbonyl (C=O) groups excluding carboxylic acids is 1. The number of β-amino-alcohol motifs (C(OH)–C–C–N with tert-alkyl or cyclic N) is 1. The zero-order valence-corrected chi connectivity index (χ0v) is 14.8. The fourth-order valence-electron chi connectivity index (χ4n) is 1.62. The number of hydrogen-bond acceptors (Lipinski definition) is 7. The summed E-state index contributed by atoms with van der Waals surface area (Å²) in [5.41, 5.74) is 0. The maximum absolute atomic E-state index is 10.5. The van der Waals surface area contributed by atoms with Gasteiger partial charge in [-0.3, -0.25) is 14.4 Å². The molecule has 20 heavy (non-hydrogen) atoms. The number of rotatable bonds is 5. The fraction of sp³-hybridized carbons (Fsp3) is 0.900. The van der Waals surface area contributed by atoms with E-state index in [1.807, 2.05) is 4.90 Å². The molecule has 0 bridgehead atoms. The van der Waals surface area contributed by atoms with Gasteiger partial charge in [0.2, 0.25) is 0 Å². The largest absolute Gasteiger partial charge is 1.00 e. The van der Waals surface area contributed by atoms with Crippen LogP contribution >= 0.6 is 0 Å². The third-order valence-electron chi connectivity index (χ3n) is 2.55. The molecule has 0 amide bonds. The Bertz CT molecular complexity index is 353. The minimum absolute atomic E-state index is 0. The molecule has 0 atom stereocenters. The molecule has 1 heterocycles. The maximum Gasteiger partial charge on any atom is 1.00 e. The summed E-state index contributed by atoms with van der Waals surface area (Å²) in [5.74, 6) is -1.28. The van der Waals surface area contributed by atoms with E-state index in [-0.39, 0.29) is 41.9 Å². The summed E-state index contributed by atoms with van der Waals surface area (Å²) in [6.45, 7) is 5.44. The van der Waals surface area contributed by atoms with Crippen molar-refractivity contribution < 1.29 is 57.5 Å². The van der Waals surface area contributed by atoms with Crippen LogP contribution in [0.3, 0.4) is 0 Å². The second-order valence-corrected chi connectivity index (χ2v) is 5.76. The first kappa shape index (κ1) is 22.5. The number of nitrogens with zero attached hydrogens (tertiary/aromatic N) is 2. The number of carboxylic acids is 1. The van der Waals surface area contributed by atoms with Crippen LogP contribution in [0.25, 0.3) is 0 Å². The summed E-state index contributed by atoms with van der Waals surface area (Å²) in [4.78, 5) is 13.0. The molecule has 1 aliphatic rings. The van der Waals surface area contributed by atoms with E-state index in [2.05, 4.69) is 4.90 Å². The number of aliphatic hydroxyl groups is 1. The van der Waals surface area contributed by atoms with Crippen molar-refractivity contribution in [3.05, 3.63) is 0 Å². The first-order chi connectivity index (χ1) is 8.74. The molecule has 1 saturated heterocycles. The molecule has 0 aliphatic carbocycles. The van der Waals surface area contributed by atoms with Crippen LogP contribution in [0.15, 0.2) is 0 Å². The molecule has 1 rings (SSSR count). The van der Waals surface area contributed by atoms with Gasteiger partial charge in [-0.1, -0.05) is 0 Å². The molecule has 2 N–H and O–H groups in total. The van der Waals surface area contributed by atoms with Crippen molar-refractivity contribution in [2.45, 2.75) is 6.92 Å². The molecule has 8 nitrogen and oxygen atoms in total. The SMILES string of the molecule is CC(=O)[O-].O=S(=O)(O)CCN1CCN(CCO)CC1.[Na+]. The second kappa shape index (κ2) is 11.9. The van der Waals surface area contributed by atoms with E-state index in [0.717, 1.165) is 33.1 Å². The van der Waals surface area contributed by atoms with Gasteiger partial charge in [0, 0.05) is 45.2 Å². The Morgan fingerprint density at radius 3 is 1.80 bits per heavy atom. The quantitative estimate of drug-likeness (QED) is 0.380. The van der Waals surface area contributed by atoms with Gasteiger partial charge in [-0.25, -0.2) is 0 Å². The molecule has 0 saturated carbocycles. The molecule has 0 aromatic heterocycles. The average molecular weight is 320 g/mol. The van der Waals surface area contributed by atoms with Crippen molar-refractivity contribution >= 4 is 16.1 Å². The normalized spacial score (nSPS) is 16.8. The third kappa shape index (κ3) is 14.7. The Morgan fingerprint density at radius 1 is 1.15 bits per heavy atom. The van der Waals surface area contributed by atoms with Gasteiger partial charge in [-0.2, -0.15) is 8.42 Å².